The highest BCUT2D eigenvalue weighted by molar-refractivity contribution is 7.59. The number of nitrogens with zero attached hydrogens (tertiary/aromatic N) is 3. The molecular weight excluding hydrogens is 512 g/mol. The highest BCUT2D eigenvalue weighted by Gasteiger charge is 2.22. The number of ether oxygens (including phenoxy) is 1. The molecule has 0 bridgehead atoms. The summed E-state index contributed by atoms with van der Waals surface area (Å²) in [7, 11) is 1.87. The molecule has 0 spiro atoms. The second-order valence-corrected chi connectivity index (χ2v) is 9.84. The highest BCUT2D eigenvalue weighted by atomic mass is 32.1. The van der Waals surface area contributed by atoms with Crippen molar-refractivity contribution >= 4 is 36.4 Å². The first-order valence-electron chi connectivity index (χ1n) is 13.1. The first-order chi connectivity index (χ1) is 18.5. The van der Waals surface area contributed by atoms with Crippen molar-refractivity contribution in [3.05, 3.63) is 89.0 Å². The summed E-state index contributed by atoms with van der Waals surface area (Å²) in [6.45, 7) is 0.576. The number of aromatic nitrogens is 3. The number of carboxylic acids is 1. The summed E-state index contributed by atoms with van der Waals surface area (Å²) >= 11 is 0. The highest BCUT2D eigenvalue weighted by Crippen LogP contribution is 2.20. The van der Waals surface area contributed by atoms with Crippen molar-refractivity contribution in [1.29, 1.82) is 0 Å². The quantitative estimate of drug-likeness (QED) is 0.286. The second-order valence-electron chi connectivity index (χ2n) is 9.84. The molecule has 0 fully saturated rings. The molecule has 1 aliphatic carbocycles. The third kappa shape index (κ3) is 6.97. The average molecular weight is 547 g/mol. The Morgan fingerprint density at radius 2 is 1.87 bits per heavy atom. The van der Waals surface area contributed by atoms with Crippen molar-refractivity contribution in [3.63, 3.8) is 0 Å². The first kappa shape index (κ1) is 28.2. The lowest BCUT2D eigenvalue weighted by Gasteiger charge is -2.16. The Balaban J connectivity index is 0.00000353. The molecule has 204 valence electrons. The fourth-order valence-corrected chi connectivity index (χ4v) is 4.89. The number of fused-ring (bicyclic) bond motifs is 2. The van der Waals surface area contributed by atoms with E-state index in [-0.39, 0.29) is 19.9 Å². The Kier molecular flexibility index (Phi) is 9.24. The Morgan fingerprint density at radius 1 is 1.08 bits per heavy atom. The smallest absolute Gasteiger partial charge is 0.326 e. The van der Waals surface area contributed by atoms with Crippen LogP contribution in [-0.2, 0) is 37.5 Å². The van der Waals surface area contributed by atoms with Crippen molar-refractivity contribution in [2.24, 2.45) is 7.05 Å². The SMILES string of the molecule is Cn1cnc2cc(C(=O)N[C@@H](Cc3ccc(OCCCc4ccc5c(n4)CCCC5)cc3)C(=O)O)ccc21.S. The Bertz CT molecular complexity index is 1450. The molecule has 4 aromatic rings. The molecule has 5 rings (SSSR count). The summed E-state index contributed by atoms with van der Waals surface area (Å²) in [5, 5.41) is 12.3. The molecule has 2 aromatic heterocycles. The zero-order chi connectivity index (χ0) is 26.5. The van der Waals surface area contributed by atoms with Gasteiger partial charge in [-0.1, -0.05) is 18.2 Å². The summed E-state index contributed by atoms with van der Waals surface area (Å²) in [5.41, 5.74) is 6.52. The zero-order valence-corrected chi connectivity index (χ0v) is 23.0. The van der Waals surface area contributed by atoms with Gasteiger partial charge in [0.1, 0.15) is 11.8 Å². The van der Waals surface area contributed by atoms with Crippen LogP contribution in [0, 0.1) is 0 Å². The van der Waals surface area contributed by atoms with E-state index >= 15 is 0 Å². The van der Waals surface area contributed by atoms with Crippen LogP contribution in [0.1, 0.15) is 52.1 Å². The van der Waals surface area contributed by atoms with Crippen molar-refractivity contribution in [2.75, 3.05) is 6.61 Å². The number of amides is 1. The molecule has 1 aliphatic rings. The molecule has 2 heterocycles. The Labute approximate surface area is 234 Å². The van der Waals surface area contributed by atoms with Crippen LogP contribution in [-0.4, -0.2) is 44.2 Å². The number of carbonyl (C=O) groups excluding carboxylic acids is 1. The van der Waals surface area contributed by atoms with Gasteiger partial charge in [-0.2, -0.15) is 13.5 Å². The molecule has 0 unspecified atom stereocenters. The summed E-state index contributed by atoms with van der Waals surface area (Å²) in [4.78, 5) is 33.7. The van der Waals surface area contributed by atoms with Gasteiger partial charge in [-0.05, 0) is 86.1 Å². The summed E-state index contributed by atoms with van der Waals surface area (Å²) in [5.74, 6) is -0.807. The van der Waals surface area contributed by atoms with Gasteiger partial charge in [0.15, 0.2) is 0 Å². The fourth-order valence-electron chi connectivity index (χ4n) is 4.89. The van der Waals surface area contributed by atoms with Gasteiger partial charge in [-0.15, -0.1) is 0 Å². The number of aliphatic carboxylic acids is 1. The maximum Gasteiger partial charge on any atom is 0.326 e. The van der Waals surface area contributed by atoms with E-state index in [2.05, 4.69) is 22.4 Å². The predicted octanol–water partition coefficient (Wildman–Crippen LogP) is 4.40. The van der Waals surface area contributed by atoms with Gasteiger partial charge in [0, 0.05) is 30.4 Å². The second kappa shape index (κ2) is 12.8. The van der Waals surface area contributed by atoms with Crippen LogP contribution in [0.2, 0.25) is 0 Å². The predicted molar refractivity (Wildman–Crippen MR) is 155 cm³/mol. The maximum atomic E-state index is 12.7. The number of benzene rings is 2. The van der Waals surface area contributed by atoms with Gasteiger partial charge < -0.3 is 19.7 Å². The van der Waals surface area contributed by atoms with E-state index in [9.17, 15) is 14.7 Å². The van der Waals surface area contributed by atoms with E-state index in [0.29, 0.717) is 17.7 Å². The number of nitrogens with one attached hydrogen (secondary N) is 1. The maximum absolute atomic E-state index is 12.7. The molecule has 0 saturated heterocycles. The van der Waals surface area contributed by atoms with Gasteiger partial charge in [0.25, 0.3) is 5.91 Å². The molecule has 9 heteroatoms. The zero-order valence-electron chi connectivity index (χ0n) is 22.0. The van der Waals surface area contributed by atoms with E-state index in [0.717, 1.165) is 48.2 Å². The minimum absolute atomic E-state index is 0. The molecule has 1 atom stereocenters. The van der Waals surface area contributed by atoms with Crippen LogP contribution in [0.25, 0.3) is 11.0 Å². The summed E-state index contributed by atoms with van der Waals surface area (Å²) < 4.78 is 7.74. The van der Waals surface area contributed by atoms with Crippen LogP contribution in [0.15, 0.2) is 60.9 Å². The fraction of sp³-hybridized carbons (Fsp3) is 0.333. The van der Waals surface area contributed by atoms with Crippen molar-refractivity contribution in [2.45, 2.75) is 51.0 Å². The van der Waals surface area contributed by atoms with Crippen LogP contribution >= 0.6 is 13.5 Å². The Morgan fingerprint density at radius 3 is 2.67 bits per heavy atom. The summed E-state index contributed by atoms with van der Waals surface area (Å²) in [6.07, 6.45) is 8.29. The van der Waals surface area contributed by atoms with Crippen LogP contribution in [0.3, 0.4) is 0 Å². The van der Waals surface area contributed by atoms with Crippen molar-refractivity contribution in [1.82, 2.24) is 19.9 Å². The van der Waals surface area contributed by atoms with Crippen LogP contribution in [0.5, 0.6) is 5.75 Å². The third-order valence-electron chi connectivity index (χ3n) is 7.04. The topological polar surface area (TPSA) is 106 Å². The number of carbonyl (C=O) groups is 2. The first-order valence-corrected chi connectivity index (χ1v) is 13.1. The number of aryl methyl sites for hydroxylation is 4. The molecule has 39 heavy (non-hydrogen) atoms. The van der Waals surface area contributed by atoms with Gasteiger partial charge in [0.05, 0.1) is 24.0 Å². The van der Waals surface area contributed by atoms with Crippen LogP contribution < -0.4 is 10.1 Å². The minimum Gasteiger partial charge on any atom is -0.494 e. The number of pyridine rings is 1. The molecule has 0 radical (unpaired) electrons. The molecule has 1 amide bonds. The molecule has 0 aliphatic heterocycles. The number of hydrogen-bond donors (Lipinski definition) is 2. The van der Waals surface area contributed by atoms with Crippen molar-refractivity contribution in [3.8, 4) is 5.75 Å². The van der Waals surface area contributed by atoms with E-state index in [1.165, 1.54) is 24.1 Å². The van der Waals surface area contributed by atoms with E-state index in [1.807, 2.05) is 35.9 Å². The van der Waals surface area contributed by atoms with Crippen molar-refractivity contribution < 1.29 is 19.4 Å². The minimum atomic E-state index is -1.09. The lowest BCUT2D eigenvalue weighted by Crippen LogP contribution is -2.42. The number of rotatable bonds is 10. The van der Waals surface area contributed by atoms with E-state index < -0.39 is 17.9 Å². The molecule has 8 nitrogen and oxygen atoms in total. The van der Waals surface area contributed by atoms with E-state index in [4.69, 9.17) is 9.72 Å². The average Bonchev–Trinajstić information content (AvgIpc) is 3.31. The number of carboxylic acid groups (broad SMARTS) is 1. The van der Waals surface area contributed by atoms with E-state index in [1.54, 1.807) is 24.5 Å². The standard InChI is InChI=1S/C30H32N4O4.H2S/c1-34-19-31-26-18-22(11-15-28(26)34)29(35)33-27(30(36)37)17-20-8-13-24(14-9-20)38-16-4-6-23-12-10-21-5-2-3-7-25(21)32-23;/h8-15,18-19,27H,2-7,16-17H2,1H3,(H,33,35)(H,36,37);1H2/t27-;/m0./s1. The molecule has 0 saturated carbocycles. The lowest BCUT2D eigenvalue weighted by atomic mass is 9.95. The normalized spacial score (nSPS) is 13.3. The number of hydrogen-bond acceptors (Lipinski definition) is 5. The lowest BCUT2D eigenvalue weighted by molar-refractivity contribution is -0.139. The van der Waals surface area contributed by atoms with Gasteiger partial charge in [-0.25, -0.2) is 9.78 Å². The van der Waals surface area contributed by atoms with Crippen LogP contribution in [0.4, 0.5) is 0 Å². The largest absolute Gasteiger partial charge is 0.494 e. The Hall–Kier alpha value is -3.85. The third-order valence-corrected chi connectivity index (χ3v) is 7.04. The molecular formula is C30H34N4O4S. The molecule has 2 N–H and O–H groups in total. The van der Waals surface area contributed by atoms with Gasteiger partial charge in [0.2, 0.25) is 0 Å². The molecule has 2 aromatic carbocycles. The summed E-state index contributed by atoms with van der Waals surface area (Å²) in [6, 6.07) is 15.8. The monoisotopic (exact) mass is 546 g/mol. The van der Waals surface area contributed by atoms with Gasteiger partial charge >= 0.3 is 5.97 Å². The number of imidazole rings is 1. The van der Waals surface area contributed by atoms with Gasteiger partial charge in [-0.3, -0.25) is 9.78 Å².